The number of amides is 2. The molecule has 0 aromatic rings. The van der Waals surface area contributed by atoms with Crippen molar-refractivity contribution in [1.82, 2.24) is 10.2 Å². The topological polar surface area (TPSA) is 94.2 Å². The Kier molecular flexibility index (Phi) is 7.92. The predicted octanol–water partition coefficient (Wildman–Crippen LogP) is 2.95. The molecule has 0 aromatic heterocycles. The molecule has 1 rings (SSSR count). The summed E-state index contributed by atoms with van der Waals surface area (Å²) in [6, 6.07) is 0. The van der Waals surface area contributed by atoms with Crippen LogP contribution in [0, 0.1) is 11.8 Å². The van der Waals surface area contributed by atoms with Crippen molar-refractivity contribution in [2.24, 2.45) is 11.8 Å². The van der Waals surface area contributed by atoms with Crippen LogP contribution < -0.4 is 5.32 Å². The van der Waals surface area contributed by atoms with Crippen LogP contribution in [0.25, 0.3) is 0 Å². The van der Waals surface area contributed by atoms with Gasteiger partial charge in [0.1, 0.15) is 11.2 Å². The van der Waals surface area contributed by atoms with Gasteiger partial charge in [0, 0.05) is 19.6 Å². The second-order valence-electron chi connectivity index (χ2n) is 8.90. The summed E-state index contributed by atoms with van der Waals surface area (Å²) in [6.07, 6.45) is -0.0579. The van der Waals surface area contributed by atoms with Gasteiger partial charge in [0.25, 0.3) is 0 Å². The van der Waals surface area contributed by atoms with E-state index in [1.54, 1.807) is 25.7 Å². The lowest BCUT2D eigenvalue weighted by atomic mass is 9.83. The minimum absolute atomic E-state index is 0.0373. The number of hydrogen-bond donors (Lipinski definition) is 1. The largest absolute Gasteiger partial charge is 0.469 e. The number of hydrogen-bond acceptors (Lipinski definition) is 6. The average molecular weight is 386 g/mol. The van der Waals surface area contributed by atoms with Crippen LogP contribution in [0.2, 0.25) is 0 Å². The maximum atomic E-state index is 12.3. The zero-order chi connectivity index (χ0) is 20.8. The van der Waals surface area contributed by atoms with Gasteiger partial charge in [-0.05, 0) is 59.8 Å². The second-order valence-corrected chi connectivity index (χ2v) is 8.90. The van der Waals surface area contributed by atoms with E-state index in [9.17, 15) is 14.4 Å². The molecular formula is C19H34N2O6. The van der Waals surface area contributed by atoms with Crippen LogP contribution in [0.4, 0.5) is 9.59 Å². The smallest absolute Gasteiger partial charge is 0.410 e. The molecule has 2 amide bonds. The van der Waals surface area contributed by atoms with E-state index in [4.69, 9.17) is 14.2 Å². The minimum atomic E-state index is -0.579. The Morgan fingerprint density at radius 1 is 1.00 bits per heavy atom. The Labute approximate surface area is 161 Å². The number of carbonyl (C=O) groups is 3. The molecule has 0 unspecified atom stereocenters. The summed E-state index contributed by atoms with van der Waals surface area (Å²) in [6.45, 7) is 12.1. The predicted molar refractivity (Wildman–Crippen MR) is 100 cm³/mol. The Bertz CT molecular complexity index is 535. The molecular weight excluding hydrogens is 352 g/mol. The average Bonchev–Trinajstić information content (AvgIpc) is 2.50. The van der Waals surface area contributed by atoms with Gasteiger partial charge in [-0.25, -0.2) is 9.59 Å². The number of nitrogens with zero attached hydrogens (tertiary/aromatic N) is 1. The van der Waals surface area contributed by atoms with Crippen LogP contribution >= 0.6 is 0 Å². The first-order valence-corrected chi connectivity index (χ1v) is 9.32. The third-order valence-electron chi connectivity index (χ3n) is 4.11. The third kappa shape index (κ3) is 8.97. The van der Waals surface area contributed by atoms with Gasteiger partial charge >= 0.3 is 18.2 Å². The first-order chi connectivity index (χ1) is 12.3. The van der Waals surface area contributed by atoms with Crippen molar-refractivity contribution >= 4 is 18.2 Å². The first-order valence-electron chi connectivity index (χ1n) is 9.32. The number of methoxy groups -OCH3 is 1. The normalized spacial score (nSPS) is 20.6. The van der Waals surface area contributed by atoms with Gasteiger partial charge in [0.2, 0.25) is 0 Å². The fourth-order valence-corrected chi connectivity index (χ4v) is 2.90. The van der Waals surface area contributed by atoms with Crippen molar-refractivity contribution in [1.29, 1.82) is 0 Å². The van der Waals surface area contributed by atoms with Gasteiger partial charge < -0.3 is 24.4 Å². The maximum absolute atomic E-state index is 12.3. The van der Waals surface area contributed by atoms with Gasteiger partial charge in [-0.15, -0.1) is 0 Å². The molecule has 1 saturated heterocycles. The number of nitrogens with one attached hydrogen (secondary N) is 1. The summed E-state index contributed by atoms with van der Waals surface area (Å²) >= 11 is 0. The molecule has 1 aliphatic heterocycles. The SMILES string of the molecule is COC(=O)C[C@H]1CN(C(=O)OC(C)(C)C)CC[C@H]1CNC(=O)OC(C)(C)C. The lowest BCUT2D eigenvalue weighted by Gasteiger charge is -2.38. The van der Waals surface area contributed by atoms with Crippen LogP contribution in [-0.2, 0) is 19.0 Å². The van der Waals surface area contributed by atoms with E-state index in [0.717, 1.165) is 0 Å². The molecule has 156 valence electrons. The van der Waals surface area contributed by atoms with Crippen molar-refractivity contribution in [2.45, 2.75) is 65.6 Å². The van der Waals surface area contributed by atoms with Gasteiger partial charge in [0.05, 0.1) is 13.5 Å². The Morgan fingerprint density at radius 3 is 2.11 bits per heavy atom. The molecule has 1 aliphatic rings. The number of alkyl carbamates (subject to hydrolysis) is 1. The molecule has 8 nitrogen and oxygen atoms in total. The van der Waals surface area contributed by atoms with Crippen LogP contribution in [0.15, 0.2) is 0 Å². The van der Waals surface area contributed by atoms with E-state index in [0.29, 0.717) is 26.1 Å². The van der Waals surface area contributed by atoms with E-state index < -0.39 is 23.4 Å². The summed E-state index contributed by atoms with van der Waals surface area (Å²) in [5.41, 5.74) is -1.15. The van der Waals surface area contributed by atoms with Crippen LogP contribution in [0.3, 0.4) is 0 Å². The summed E-state index contributed by atoms with van der Waals surface area (Å²) in [5, 5.41) is 2.76. The number of likely N-dealkylation sites (tertiary alicyclic amines) is 1. The minimum Gasteiger partial charge on any atom is -0.469 e. The van der Waals surface area contributed by atoms with Crippen molar-refractivity contribution in [3.63, 3.8) is 0 Å². The second kappa shape index (κ2) is 9.28. The van der Waals surface area contributed by atoms with Crippen LogP contribution in [0.1, 0.15) is 54.4 Å². The Hall–Kier alpha value is -1.99. The van der Waals surface area contributed by atoms with Crippen molar-refractivity contribution < 1.29 is 28.6 Å². The summed E-state index contributed by atoms with van der Waals surface area (Å²) in [5.74, 6) is -0.433. The molecule has 0 spiro atoms. The molecule has 0 saturated carbocycles. The fourth-order valence-electron chi connectivity index (χ4n) is 2.90. The third-order valence-corrected chi connectivity index (χ3v) is 4.11. The van der Waals surface area contributed by atoms with Gasteiger partial charge in [0.15, 0.2) is 0 Å². The highest BCUT2D eigenvalue weighted by Crippen LogP contribution is 2.27. The number of rotatable bonds is 4. The van der Waals surface area contributed by atoms with Gasteiger partial charge in [-0.1, -0.05) is 0 Å². The van der Waals surface area contributed by atoms with Crippen molar-refractivity contribution in [3.05, 3.63) is 0 Å². The number of ether oxygens (including phenoxy) is 3. The Balaban J connectivity index is 2.71. The van der Waals surface area contributed by atoms with Crippen LogP contribution in [-0.4, -0.2) is 61.0 Å². The monoisotopic (exact) mass is 386 g/mol. The molecule has 1 N–H and O–H groups in total. The number of esters is 1. The van der Waals surface area contributed by atoms with Crippen molar-refractivity contribution in [2.75, 3.05) is 26.7 Å². The van der Waals surface area contributed by atoms with Gasteiger partial charge in [-0.2, -0.15) is 0 Å². The Morgan fingerprint density at radius 2 is 1.59 bits per heavy atom. The van der Waals surface area contributed by atoms with Crippen LogP contribution in [0.5, 0.6) is 0 Å². The van der Waals surface area contributed by atoms with E-state index in [1.165, 1.54) is 7.11 Å². The number of piperidine rings is 1. The molecule has 8 heteroatoms. The quantitative estimate of drug-likeness (QED) is 0.590. The lowest BCUT2D eigenvalue weighted by Crippen LogP contribution is -2.49. The molecule has 0 bridgehead atoms. The summed E-state index contributed by atoms with van der Waals surface area (Å²) in [4.78, 5) is 37.6. The molecule has 0 radical (unpaired) electrons. The lowest BCUT2D eigenvalue weighted by molar-refractivity contribution is -0.142. The molecule has 0 aliphatic carbocycles. The maximum Gasteiger partial charge on any atom is 0.410 e. The van der Waals surface area contributed by atoms with E-state index >= 15 is 0 Å². The summed E-state index contributed by atoms with van der Waals surface area (Å²) in [7, 11) is 1.34. The number of carbonyl (C=O) groups excluding carboxylic acids is 3. The van der Waals surface area contributed by atoms with E-state index in [1.807, 2.05) is 20.8 Å². The van der Waals surface area contributed by atoms with Gasteiger partial charge in [-0.3, -0.25) is 4.79 Å². The van der Waals surface area contributed by atoms with E-state index in [2.05, 4.69) is 5.32 Å². The standard InChI is InChI=1S/C19H34N2O6/c1-18(2,3)26-16(23)20-11-13-8-9-21(17(24)27-19(4,5)6)12-14(13)10-15(22)25-7/h13-14H,8-12H2,1-7H3,(H,20,23)/t13-,14-/m0/s1. The molecule has 1 fully saturated rings. The van der Waals surface area contributed by atoms with E-state index in [-0.39, 0.29) is 24.2 Å². The van der Waals surface area contributed by atoms with Crippen molar-refractivity contribution in [3.8, 4) is 0 Å². The highest BCUT2D eigenvalue weighted by Gasteiger charge is 2.35. The molecule has 27 heavy (non-hydrogen) atoms. The molecule has 1 heterocycles. The summed E-state index contributed by atoms with van der Waals surface area (Å²) < 4.78 is 15.5. The zero-order valence-corrected chi connectivity index (χ0v) is 17.6. The highest BCUT2D eigenvalue weighted by atomic mass is 16.6. The molecule has 0 aromatic carbocycles. The fraction of sp³-hybridized carbons (Fsp3) is 0.842. The first kappa shape index (κ1) is 23.0. The molecule has 2 atom stereocenters. The zero-order valence-electron chi connectivity index (χ0n) is 17.6. The highest BCUT2D eigenvalue weighted by molar-refractivity contribution is 5.71.